The van der Waals surface area contributed by atoms with Gasteiger partial charge in [0.1, 0.15) is 5.75 Å². The highest BCUT2D eigenvalue weighted by Gasteiger charge is 2.12. The average Bonchev–Trinajstić information content (AvgIpc) is 2.62. The lowest BCUT2D eigenvalue weighted by Crippen LogP contribution is -2.24. The molecule has 0 aliphatic heterocycles. The van der Waals surface area contributed by atoms with Crippen molar-refractivity contribution in [2.75, 3.05) is 19.8 Å². The summed E-state index contributed by atoms with van der Waals surface area (Å²) in [5, 5.41) is 2.90. The topological polar surface area (TPSA) is 47.6 Å². The molecule has 0 atom stereocenters. The molecule has 1 aromatic rings. The van der Waals surface area contributed by atoms with Crippen molar-refractivity contribution < 1.29 is 14.3 Å². The minimum absolute atomic E-state index is 0.0843. The van der Waals surface area contributed by atoms with Gasteiger partial charge in [-0.1, -0.05) is 37.5 Å². The number of hydrogen-bond donors (Lipinski definition) is 1. The molecular formula is C20H29NO3. The van der Waals surface area contributed by atoms with Crippen LogP contribution in [-0.2, 0) is 9.53 Å². The summed E-state index contributed by atoms with van der Waals surface area (Å²) in [7, 11) is 0. The Morgan fingerprint density at radius 2 is 2.04 bits per heavy atom. The van der Waals surface area contributed by atoms with Crippen molar-refractivity contribution >= 4 is 12.0 Å². The van der Waals surface area contributed by atoms with Crippen LogP contribution in [0.25, 0.3) is 6.08 Å². The molecular weight excluding hydrogens is 302 g/mol. The molecule has 0 heterocycles. The highest BCUT2D eigenvalue weighted by atomic mass is 16.5. The van der Waals surface area contributed by atoms with E-state index in [4.69, 9.17) is 9.47 Å². The number of nitrogens with one attached hydrogen (secondary N) is 1. The third-order valence-corrected chi connectivity index (χ3v) is 4.16. The van der Waals surface area contributed by atoms with Crippen LogP contribution < -0.4 is 10.1 Å². The van der Waals surface area contributed by atoms with Crippen LogP contribution in [0.5, 0.6) is 5.75 Å². The van der Waals surface area contributed by atoms with Gasteiger partial charge in [-0.25, -0.2) is 0 Å². The number of carbonyl (C=O) groups is 1. The van der Waals surface area contributed by atoms with Gasteiger partial charge in [0.05, 0.1) is 12.7 Å². The third kappa shape index (κ3) is 6.75. The van der Waals surface area contributed by atoms with Crippen LogP contribution >= 0.6 is 0 Å². The summed E-state index contributed by atoms with van der Waals surface area (Å²) < 4.78 is 11.4. The molecule has 0 aromatic heterocycles. The fraction of sp³-hybridized carbons (Fsp3) is 0.550. The van der Waals surface area contributed by atoms with Gasteiger partial charge in [-0.2, -0.15) is 0 Å². The molecule has 132 valence electrons. The Morgan fingerprint density at radius 3 is 2.83 bits per heavy atom. The zero-order valence-corrected chi connectivity index (χ0v) is 14.6. The number of hydrogen-bond acceptors (Lipinski definition) is 3. The molecule has 1 aliphatic rings. The van der Waals surface area contributed by atoms with E-state index in [2.05, 4.69) is 5.32 Å². The summed E-state index contributed by atoms with van der Waals surface area (Å²) in [6.45, 7) is 3.92. The van der Waals surface area contributed by atoms with Gasteiger partial charge in [0, 0.05) is 24.8 Å². The van der Waals surface area contributed by atoms with E-state index in [0.717, 1.165) is 24.3 Å². The molecule has 0 radical (unpaired) electrons. The second kappa shape index (κ2) is 10.9. The van der Waals surface area contributed by atoms with E-state index in [1.807, 2.05) is 31.2 Å². The fourth-order valence-electron chi connectivity index (χ4n) is 2.90. The van der Waals surface area contributed by atoms with Gasteiger partial charge in [0.15, 0.2) is 0 Å². The van der Waals surface area contributed by atoms with Gasteiger partial charge >= 0.3 is 0 Å². The molecule has 1 fully saturated rings. The van der Waals surface area contributed by atoms with E-state index < -0.39 is 0 Å². The molecule has 1 aromatic carbocycles. The summed E-state index contributed by atoms with van der Waals surface area (Å²) in [6, 6.07) is 7.70. The van der Waals surface area contributed by atoms with Gasteiger partial charge in [-0.05, 0) is 38.3 Å². The largest absolute Gasteiger partial charge is 0.493 e. The lowest BCUT2D eigenvalue weighted by molar-refractivity contribution is -0.116. The SMILES string of the molecule is CCOc1ccccc1/C=C/C(=O)NCCCOC1CCCCC1. The minimum atomic E-state index is -0.0843. The Bertz CT molecular complexity index is 521. The highest BCUT2D eigenvalue weighted by molar-refractivity contribution is 5.92. The molecule has 2 rings (SSSR count). The van der Waals surface area contributed by atoms with Crippen molar-refractivity contribution in [1.29, 1.82) is 0 Å². The predicted molar refractivity (Wildman–Crippen MR) is 97.1 cm³/mol. The Balaban J connectivity index is 1.64. The molecule has 24 heavy (non-hydrogen) atoms. The predicted octanol–water partition coefficient (Wildman–Crippen LogP) is 3.95. The summed E-state index contributed by atoms with van der Waals surface area (Å²) in [5.41, 5.74) is 0.912. The highest BCUT2D eigenvalue weighted by Crippen LogP contribution is 2.20. The normalized spacial score (nSPS) is 15.5. The van der Waals surface area contributed by atoms with E-state index >= 15 is 0 Å². The van der Waals surface area contributed by atoms with Gasteiger partial charge in [0.25, 0.3) is 0 Å². The number of amides is 1. The Kier molecular flexibility index (Phi) is 8.39. The smallest absolute Gasteiger partial charge is 0.244 e. The Hall–Kier alpha value is -1.81. The maximum absolute atomic E-state index is 11.9. The van der Waals surface area contributed by atoms with E-state index in [1.165, 1.54) is 32.1 Å². The number of para-hydroxylation sites is 1. The third-order valence-electron chi connectivity index (χ3n) is 4.16. The molecule has 4 nitrogen and oxygen atoms in total. The Morgan fingerprint density at radius 1 is 1.25 bits per heavy atom. The second-order valence-electron chi connectivity index (χ2n) is 6.08. The monoisotopic (exact) mass is 331 g/mol. The first-order valence-corrected chi connectivity index (χ1v) is 9.09. The molecule has 0 spiro atoms. The quantitative estimate of drug-likeness (QED) is 0.550. The molecule has 4 heteroatoms. The molecule has 1 N–H and O–H groups in total. The van der Waals surface area contributed by atoms with Crippen molar-refractivity contribution in [2.45, 2.75) is 51.6 Å². The first kappa shape index (κ1) is 18.5. The van der Waals surface area contributed by atoms with Crippen LogP contribution in [-0.4, -0.2) is 31.8 Å². The average molecular weight is 331 g/mol. The fourth-order valence-corrected chi connectivity index (χ4v) is 2.90. The minimum Gasteiger partial charge on any atom is -0.493 e. The Labute approximate surface area is 145 Å². The summed E-state index contributed by atoms with van der Waals surface area (Å²) in [6.07, 6.45) is 10.9. The van der Waals surface area contributed by atoms with Gasteiger partial charge in [0.2, 0.25) is 5.91 Å². The van der Waals surface area contributed by atoms with Crippen LogP contribution in [0.15, 0.2) is 30.3 Å². The van der Waals surface area contributed by atoms with Crippen molar-refractivity contribution in [3.8, 4) is 5.75 Å². The first-order valence-electron chi connectivity index (χ1n) is 9.09. The molecule has 0 saturated heterocycles. The van der Waals surface area contributed by atoms with E-state index in [9.17, 15) is 4.79 Å². The lowest BCUT2D eigenvalue weighted by atomic mass is 9.98. The van der Waals surface area contributed by atoms with Gasteiger partial charge < -0.3 is 14.8 Å². The molecule has 0 bridgehead atoms. The number of benzene rings is 1. The molecule has 1 saturated carbocycles. The van der Waals surface area contributed by atoms with E-state index in [-0.39, 0.29) is 5.91 Å². The van der Waals surface area contributed by atoms with Crippen LogP contribution in [0.3, 0.4) is 0 Å². The van der Waals surface area contributed by atoms with Gasteiger partial charge in [-0.3, -0.25) is 4.79 Å². The number of carbonyl (C=O) groups excluding carboxylic acids is 1. The van der Waals surface area contributed by atoms with Crippen molar-refractivity contribution in [3.63, 3.8) is 0 Å². The molecule has 1 aliphatic carbocycles. The maximum Gasteiger partial charge on any atom is 0.244 e. The van der Waals surface area contributed by atoms with Crippen molar-refractivity contribution in [2.24, 2.45) is 0 Å². The van der Waals surface area contributed by atoms with Crippen molar-refractivity contribution in [3.05, 3.63) is 35.9 Å². The van der Waals surface area contributed by atoms with E-state index in [1.54, 1.807) is 12.2 Å². The standard InChI is InChI=1S/C20H29NO3/c1-2-23-19-12-7-6-9-17(19)13-14-20(22)21-15-8-16-24-18-10-4-3-5-11-18/h6-7,9,12-14,18H,2-5,8,10-11,15-16H2,1H3,(H,21,22)/b14-13+. The number of ether oxygens (including phenoxy) is 2. The van der Waals surface area contributed by atoms with Crippen LogP contribution in [0, 0.1) is 0 Å². The summed E-state index contributed by atoms with van der Waals surface area (Å²) in [4.78, 5) is 11.9. The van der Waals surface area contributed by atoms with Crippen molar-refractivity contribution in [1.82, 2.24) is 5.32 Å². The lowest BCUT2D eigenvalue weighted by Gasteiger charge is -2.21. The first-order chi connectivity index (χ1) is 11.8. The maximum atomic E-state index is 11.9. The zero-order chi connectivity index (χ0) is 17.0. The second-order valence-corrected chi connectivity index (χ2v) is 6.08. The molecule has 0 unspecified atom stereocenters. The molecule has 1 amide bonds. The summed E-state index contributed by atoms with van der Waals surface area (Å²) >= 11 is 0. The number of rotatable bonds is 9. The van der Waals surface area contributed by atoms with Crippen LogP contribution in [0.2, 0.25) is 0 Å². The van der Waals surface area contributed by atoms with E-state index in [0.29, 0.717) is 19.3 Å². The zero-order valence-electron chi connectivity index (χ0n) is 14.6. The van der Waals surface area contributed by atoms with Crippen LogP contribution in [0.4, 0.5) is 0 Å². The van der Waals surface area contributed by atoms with Crippen LogP contribution in [0.1, 0.15) is 51.0 Å². The van der Waals surface area contributed by atoms with Gasteiger partial charge in [-0.15, -0.1) is 0 Å². The summed E-state index contributed by atoms with van der Waals surface area (Å²) in [5.74, 6) is 0.712.